The number of aryl methyl sites for hydroxylation is 1. The van der Waals surface area contributed by atoms with Gasteiger partial charge in [0.25, 0.3) is 0 Å². The number of allylic oxidation sites excluding steroid dienone is 4. The van der Waals surface area contributed by atoms with Crippen molar-refractivity contribution in [2.24, 2.45) is 0 Å². The second kappa shape index (κ2) is 7.48. The maximum absolute atomic E-state index is 6.62. The molecule has 1 nitrogen and oxygen atoms in total. The molecule has 2 aromatic carbocycles. The number of benzene rings is 2. The summed E-state index contributed by atoms with van der Waals surface area (Å²) in [7, 11) is 0. The average Bonchev–Trinajstić information content (AvgIpc) is 3.07. The fourth-order valence-corrected chi connectivity index (χ4v) is 11.6. The Morgan fingerprint density at radius 2 is 1.78 bits per heavy atom. The average molecular weight is 355 g/mol. The first-order valence-corrected chi connectivity index (χ1v) is 15.2. The SMILES string of the molecule is Cc1cc([O][Ti]([C]2=CC=CC2)[SiH](C)C)cc(-c2ccccc2)c1. The van der Waals surface area contributed by atoms with E-state index in [1.54, 1.807) is 3.88 Å². The standard InChI is InChI=1S/C13H12O.C5H5.C2H7Si.Ti/c1-10-7-12(9-13(14)8-10)11-5-3-2-4-6-11;1-2-4-5-3-1;1-3-2;/h2-9,14H,1H3;1-3H,4H2;3H,1-2H3;/q;;;+1/p-1. The van der Waals surface area contributed by atoms with Crippen molar-refractivity contribution in [1.29, 1.82) is 0 Å². The predicted octanol–water partition coefficient (Wildman–Crippen LogP) is 5.40. The van der Waals surface area contributed by atoms with Gasteiger partial charge in [-0.15, -0.1) is 0 Å². The van der Waals surface area contributed by atoms with Crippen LogP contribution >= 0.6 is 0 Å². The van der Waals surface area contributed by atoms with E-state index in [1.807, 2.05) is 0 Å². The van der Waals surface area contributed by atoms with Gasteiger partial charge in [0, 0.05) is 0 Å². The van der Waals surface area contributed by atoms with Gasteiger partial charge in [-0.25, -0.2) is 0 Å². The molecule has 0 aromatic heterocycles. The van der Waals surface area contributed by atoms with Crippen molar-refractivity contribution in [3.05, 3.63) is 76.2 Å². The van der Waals surface area contributed by atoms with Crippen LogP contribution in [0.3, 0.4) is 0 Å². The van der Waals surface area contributed by atoms with E-state index in [1.165, 1.54) is 16.7 Å². The molecule has 0 N–H and O–H groups in total. The Balaban J connectivity index is 1.89. The van der Waals surface area contributed by atoms with E-state index in [0.717, 1.165) is 12.2 Å². The Morgan fingerprint density at radius 1 is 1.00 bits per heavy atom. The summed E-state index contributed by atoms with van der Waals surface area (Å²) in [5.41, 5.74) is 3.77. The molecular formula is C20H23OSiTi. The molecule has 0 bridgehead atoms. The first kappa shape index (κ1) is 16.5. The van der Waals surface area contributed by atoms with Crippen LogP contribution in [-0.2, 0) is 17.5 Å². The van der Waals surface area contributed by atoms with E-state index in [-0.39, 0.29) is 0 Å². The molecule has 0 fully saturated rings. The summed E-state index contributed by atoms with van der Waals surface area (Å²) in [5, 5.41) is 0. The van der Waals surface area contributed by atoms with Crippen LogP contribution in [0.25, 0.3) is 11.1 Å². The summed E-state index contributed by atoms with van der Waals surface area (Å²) >= 11 is -1.60. The normalized spacial score (nSPS) is 13.3. The van der Waals surface area contributed by atoms with Crippen LogP contribution in [-0.4, -0.2) is 6.66 Å². The van der Waals surface area contributed by atoms with E-state index < -0.39 is 24.2 Å². The van der Waals surface area contributed by atoms with Gasteiger partial charge in [0.1, 0.15) is 0 Å². The minimum atomic E-state index is -1.60. The van der Waals surface area contributed by atoms with Crippen molar-refractivity contribution >= 4 is 6.66 Å². The van der Waals surface area contributed by atoms with Crippen LogP contribution in [0.5, 0.6) is 5.75 Å². The molecule has 0 saturated heterocycles. The molecule has 3 rings (SSSR count). The van der Waals surface area contributed by atoms with Gasteiger partial charge in [0.15, 0.2) is 0 Å². The predicted molar refractivity (Wildman–Crippen MR) is 98.0 cm³/mol. The Morgan fingerprint density at radius 3 is 2.43 bits per heavy atom. The minimum absolute atomic E-state index is 0.777. The monoisotopic (exact) mass is 355 g/mol. The molecule has 0 atom stereocenters. The summed E-state index contributed by atoms with van der Waals surface area (Å²) in [6.07, 6.45) is 7.86. The zero-order chi connectivity index (χ0) is 16.2. The maximum atomic E-state index is 6.62. The van der Waals surface area contributed by atoms with Crippen LogP contribution in [0, 0.1) is 6.92 Å². The summed E-state index contributed by atoms with van der Waals surface area (Å²) in [4.78, 5) is 0. The molecule has 0 aliphatic heterocycles. The van der Waals surface area contributed by atoms with Gasteiger partial charge in [-0.1, -0.05) is 0 Å². The molecule has 0 amide bonds. The summed E-state index contributed by atoms with van der Waals surface area (Å²) in [5.74, 6) is 1.06. The van der Waals surface area contributed by atoms with Gasteiger partial charge in [-0.2, -0.15) is 0 Å². The summed E-state index contributed by atoms with van der Waals surface area (Å²) < 4.78 is 8.21. The fourth-order valence-electron chi connectivity index (χ4n) is 2.92. The molecular weight excluding hydrogens is 332 g/mol. The number of hydrogen-bond acceptors (Lipinski definition) is 1. The van der Waals surface area contributed by atoms with Gasteiger partial charge in [0.05, 0.1) is 0 Å². The number of hydrogen-bond donors (Lipinski definition) is 0. The Bertz CT molecular complexity index is 735. The van der Waals surface area contributed by atoms with Crippen LogP contribution in [0.1, 0.15) is 12.0 Å². The molecule has 3 heteroatoms. The molecule has 0 heterocycles. The van der Waals surface area contributed by atoms with Gasteiger partial charge >= 0.3 is 147 Å². The van der Waals surface area contributed by atoms with Crippen LogP contribution in [0.2, 0.25) is 13.1 Å². The van der Waals surface area contributed by atoms with E-state index >= 15 is 0 Å². The van der Waals surface area contributed by atoms with E-state index in [9.17, 15) is 0 Å². The van der Waals surface area contributed by atoms with E-state index in [4.69, 9.17) is 3.32 Å². The zero-order valence-electron chi connectivity index (χ0n) is 14.0. The Kier molecular flexibility index (Phi) is 5.37. The molecule has 0 saturated carbocycles. The van der Waals surface area contributed by atoms with Crippen molar-refractivity contribution in [3.63, 3.8) is 0 Å². The topological polar surface area (TPSA) is 9.23 Å². The molecule has 0 unspecified atom stereocenters. The Labute approximate surface area is 146 Å². The summed E-state index contributed by atoms with van der Waals surface area (Å²) in [6.45, 7) is 6.24. The zero-order valence-corrected chi connectivity index (χ0v) is 16.8. The molecule has 117 valence electrons. The molecule has 2 aromatic rings. The van der Waals surface area contributed by atoms with Crippen molar-refractivity contribution in [3.8, 4) is 16.9 Å². The van der Waals surface area contributed by atoms with Gasteiger partial charge < -0.3 is 0 Å². The van der Waals surface area contributed by atoms with Crippen molar-refractivity contribution in [1.82, 2.24) is 0 Å². The first-order chi connectivity index (χ1) is 11.1. The molecule has 23 heavy (non-hydrogen) atoms. The summed E-state index contributed by atoms with van der Waals surface area (Å²) in [6, 6.07) is 17.2. The van der Waals surface area contributed by atoms with Crippen LogP contribution in [0.4, 0.5) is 0 Å². The third-order valence-electron chi connectivity index (χ3n) is 4.00. The quantitative estimate of drug-likeness (QED) is 0.653. The molecule has 1 aliphatic rings. The first-order valence-electron chi connectivity index (χ1n) is 8.21. The number of rotatable bonds is 5. The van der Waals surface area contributed by atoms with Gasteiger partial charge in [-0.05, 0) is 0 Å². The van der Waals surface area contributed by atoms with Crippen molar-refractivity contribution < 1.29 is 20.8 Å². The van der Waals surface area contributed by atoms with Gasteiger partial charge in [-0.3, -0.25) is 0 Å². The third-order valence-corrected chi connectivity index (χ3v) is 14.3. The second-order valence-electron chi connectivity index (χ2n) is 6.35. The third kappa shape index (κ3) is 4.14. The van der Waals surface area contributed by atoms with Gasteiger partial charge in [0.2, 0.25) is 0 Å². The fraction of sp³-hybridized carbons (Fsp3) is 0.200. The van der Waals surface area contributed by atoms with Crippen LogP contribution in [0.15, 0.2) is 70.6 Å². The van der Waals surface area contributed by atoms with Crippen molar-refractivity contribution in [2.75, 3.05) is 0 Å². The molecule has 0 radical (unpaired) electrons. The van der Waals surface area contributed by atoms with Crippen molar-refractivity contribution in [2.45, 2.75) is 26.4 Å². The Hall–Kier alpha value is -1.35. The van der Waals surface area contributed by atoms with E-state index in [0.29, 0.717) is 0 Å². The van der Waals surface area contributed by atoms with Crippen LogP contribution < -0.4 is 3.32 Å². The van der Waals surface area contributed by atoms with E-state index in [2.05, 4.69) is 86.8 Å². The molecule has 0 spiro atoms. The molecule has 1 aliphatic carbocycles. The second-order valence-corrected chi connectivity index (χ2v) is 18.7.